The van der Waals surface area contributed by atoms with Gasteiger partial charge in [-0.1, -0.05) is 12.1 Å². The second-order valence-corrected chi connectivity index (χ2v) is 18.8. The maximum absolute atomic E-state index is 13.4. The normalized spacial score (nSPS) is 13.4. The van der Waals surface area contributed by atoms with Gasteiger partial charge in [0.2, 0.25) is 0 Å². The van der Waals surface area contributed by atoms with E-state index in [2.05, 4.69) is 0 Å². The fraction of sp³-hybridized carbons (Fsp3) is 0.732. The predicted molar refractivity (Wildman–Crippen MR) is 209 cm³/mol. The van der Waals surface area contributed by atoms with Crippen molar-refractivity contribution in [1.29, 1.82) is 0 Å². The molecule has 0 aliphatic carbocycles. The first-order valence-electron chi connectivity index (χ1n) is 18.8. The third-order valence-electron chi connectivity index (χ3n) is 6.92. The molecule has 0 bridgehead atoms. The number of esters is 5. The molecule has 1 rings (SSSR count). The van der Waals surface area contributed by atoms with Crippen LogP contribution in [0, 0.1) is 0 Å². The molecule has 14 heteroatoms. The van der Waals surface area contributed by atoms with Crippen molar-refractivity contribution in [1.82, 2.24) is 14.7 Å². The molecule has 0 radical (unpaired) electrons. The number of carbonyl (C=O) groups excluding carboxylic acids is 5. The Balaban J connectivity index is 3.71. The molecular formula is C41H69N3O11. The van der Waals surface area contributed by atoms with Crippen LogP contribution < -0.4 is 0 Å². The van der Waals surface area contributed by atoms with Gasteiger partial charge in [-0.2, -0.15) is 0 Å². The molecule has 0 aliphatic rings. The van der Waals surface area contributed by atoms with E-state index in [1.54, 1.807) is 131 Å². The van der Waals surface area contributed by atoms with Crippen LogP contribution in [0.4, 0.5) is 0 Å². The molecule has 14 nitrogen and oxygen atoms in total. The SMILES string of the molecule is CC(C)(C)OC(=O)CN(CCN(CC(=O)OC(C)(C)C)CC(Cc1cccc(O)c1)N(CC(=O)OC(C)(C)C)CC(=O)OC(C)(C)C)CC(=O)OC(C)(C)C. The fourth-order valence-electron chi connectivity index (χ4n) is 5.36. The van der Waals surface area contributed by atoms with Gasteiger partial charge in [-0.05, 0) is 128 Å². The Kier molecular flexibility index (Phi) is 18.3. The number of carbonyl (C=O) groups is 5. The summed E-state index contributed by atoms with van der Waals surface area (Å²) >= 11 is 0. The van der Waals surface area contributed by atoms with Gasteiger partial charge in [-0.15, -0.1) is 0 Å². The minimum absolute atomic E-state index is 0.0348. The highest BCUT2D eigenvalue weighted by atomic mass is 16.6. The first-order valence-corrected chi connectivity index (χ1v) is 18.8. The number of hydrogen-bond donors (Lipinski definition) is 1. The average Bonchev–Trinajstić information content (AvgIpc) is 2.89. The van der Waals surface area contributed by atoms with Gasteiger partial charge in [0, 0.05) is 25.7 Å². The van der Waals surface area contributed by atoms with Gasteiger partial charge in [-0.25, -0.2) is 0 Å². The first-order chi connectivity index (χ1) is 24.8. The topological polar surface area (TPSA) is 161 Å². The van der Waals surface area contributed by atoms with E-state index in [1.165, 1.54) is 6.07 Å². The zero-order valence-electron chi connectivity index (χ0n) is 36.1. The minimum Gasteiger partial charge on any atom is -0.508 e. The van der Waals surface area contributed by atoms with Crippen LogP contribution in [0.25, 0.3) is 0 Å². The second kappa shape index (κ2) is 20.4. The van der Waals surface area contributed by atoms with Crippen LogP contribution in [0.3, 0.4) is 0 Å². The summed E-state index contributed by atoms with van der Waals surface area (Å²) in [6.07, 6.45) is 0.240. The number of benzene rings is 1. The number of phenols is 1. The molecule has 55 heavy (non-hydrogen) atoms. The Morgan fingerprint density at radius 1 is 0.527 bits per heavy atom. The fourth-order valence-corrected chi connectivity index (χ4v) is 5.36. The lowest BCUT2D eigenvalue weighted by molar-refractivity contribution is -0.162. The van der Waals surface area contributed by atoms with E-state index in [0.29, 0.717) is 5.56 Å². The molecule has 0 saturated heterocycles. The number of rotatable bonds is 18. The average molecular weight is 780 g/mol. The lowest BCUT2D eigenvalue weighted by Gasteiger charge is -2.36. The van der Waals surface area contributed by atoms with Crippen molar-refractivity contribution in [2.24, 2.45) is 0 Å². The van der Waals surface area contributed by atoms with Crippen LogP contribution in [-0.4, -0.2) is 136 Å². The highest BCUT2D eigenvalue weighted by Gasteiger charge is 2.32. The Morgan fingerprint density at radius 3 is 1.20 bits per heavy atom. The number of aromatic hydroxyl groups is 1. The van der Waals surface area contributed by atoms with E-state index in [4.69, 9.17) is 23.7 Å². The maximum atomic E-state index is 13.4. The van der Waals surface area contributed by atoms with Gasteiger partial charge in [0.1, 0.15) is 33.8 Å². The minimum atomic E-state index is -0.802. The zero-order valence-corrected chi connectivity index (χ0v) is 36.1. The van der Waals surface area contributed by atoms with Gasteiger partial charge < -0.3 is 28.8 Å². The van der Waals surface area contributed by atoms with E-state index in [-0.39, 0.29) is 64.5 Å². The van der Waals surface area contributed by atoms with Crippen molar-refractivity contribution in [3.05, 3.63) is 29.8 Å². The van der Waals surface area contributed by atoms with E-state index < -0.39 is 63.9 Å². The molecule has 1 aromatic rings. The van der Waals surface area contributed by atoms with Crippen molar-refractivity contribution in [3.8, 4) is 5.75 Å². The molecule has 1 atom stereocenters. The highest BCUT2D eigenvalue weighted by Crippen LogP contribution is 2.19. The standard InChI is InChI=1S/C41H69N3O11/c1-37(2,3)51-32(46)24-42(19-20-43(25-33(47)52-38(4,5)6)26-34(48)53-39(7,8)9)23-30(21-29-17-16-18-31(45)22-29)44(27-35(49)54-40(10,11)12)28-36(50)55-41(13,14)15/h16-18,22,30,45H,19-21,23-28H2,1-15H3. The summed E-state index contributed by atoms with van der Waals surface area (Å²) in [6.45, 7) is 25.4. The smallest absolute Gasteiger partial charge is 0.320 e. The van der Waals surface area contributed by atoms with Crippen LogP contribution in [0.5, 0.6) is 5.75 Å². The van der Waals surface area contributed by atoms with Crippen molar-refractivity contribution < 1.29 is 52.8 Å². The quantitative estimate of drug-likeness (QED) is 0.158. The summed E-state index contributed by atoms with van der Waals surface area (Å²) < 4.78 is 28.1. The third-order valence-corrected chi connectivity index (χ3v) is 6.92. The van der Waals surface area contributed by atoms with Gasteiger partial charge in [0.15, 0.2) is 0 Å². The Morgan fingerprint density at radius 2 is 0.855 bits per heavy atom. The summed E-state index contributed by atoms with van der Waals surface area (Å²) in [5, 5.41) is 10.3. The molecule has 314 valence electrons. The Hall–Kier alpha value is -3.75. The number of ether oxygens (including phenoxy) is 5. The lowest BCUT2D eigenvalue weighted by Crippen LogP contribution is -2.52. The Bertz CT molecular complexity index is 1370. The van der Waals surface area contributed by atoms with Crippen LogP contribution in [0.2, 0.25) is 0 Å². The largest absolute Gasteiger partial charge is 0.508 e. The lowest BCUT2D eigenvalue weighted by atomic mass is 10.0. The van der Waals surface area contributed by atoms with Gasteiger partial charge in [0.25, 0.3) is 0 Å². The molecule has 0 spiro atoms. The van der Waals surface area contributed by atoms with E-state index >= 15 is 0 Å². The summed E-state index contributed by atoms with van der Waals surface area (Å²) in [4.78, 5) is 71.1. The van der Waals surface area contributed by atoms with E-state index in [1.807, 2.05) is 6.07 Å². The summed E-state index contributed by atoms with van der Waals surface area (Å²) in [6, 6.07) is 6.00. The third kappa shape index (κ3) is 25.1. The van der Waals surface area contributed by atoms with Crippen LogP contribution in [0.15, 0.2) is 24.3 Å². The molecular weight excluding hydrogens is 710 g/mol. The number of nitrogens with zero attached hydrogens (tertiary/aromatic N) is 3. The molecule has 0 heterocycles. The Labute approximate surface area is 329 Å². The molecule has 1 N–H and O–H groups in total. The second-order valence-electron chi connectivity index (χ2n) is 18.8. The molecule has 0 fully saturated rings. The number of phenolic OH excluding ortho intramolecular Hbond substituents is 1. The van der Waals surface area contributed by atoms with Crippen LogP contribution in [0.1, 0.15) is 109 Å². The van der Waals surface area contributed by atoms with Crippen LogP contribution >= 0.6 is 0 Å². The van der Waals surface area contributed by atoms with Gasteiger partial charge in [-0.3, -0.25) is 38.7 Å². The predicted octanol–water partition coefficient (Wildman–Crippen LogP) is 4.92. The number of hydrogen-bond acceptors (Lipinski definition) is 14. The first kappa shape index (κ1) is 49.3. The summed E-state index contributed by atoms with van der Waals surface area (Å²) in [5.41, 5.74) is -3.21. The monoisotopic (exact) mass is 779 g/mol. The van der Waals surface area contributed by atoms with Crippen molar-refractivity contribution in [2.75, 3.05) is 52.4 Å². The molecule has 1 unspecified atom stereocenters. The molecule has 0 amide bonds. The van der Waals surface area contributed by atoms with Crippen LogP contribution in [-0.2, 0) is 54.1 Å². The van der Waals surface area contributed by atoms with E-state index in [9.17, 15) is 29.1 Å². The zero-order chi connectivity index (χ0) is 42.6. The maximum Gasteiger partial charge on any atom is 0.320 e. The van der Waals surface area contributed by atoms with Crippen molar-refractivity contribution >= 4 is 29.8 Å². The highest BCUT2D eigenvalue weighted by molar-refractivity contribution is 5.76. The molecule has 0 aromatic heterocycles. The molecule has 1 aromatic carbocycles. The van der Waals surface area contributed by atoms with Crippen molar-refractivity contribution in [2.45, 2.75) is 144 Å². The van der Waals surface area contributed by atoms with Gasteiger partial charge in [0.05, 0.1) is 32.7 Å². The molecule has 0 saturated carbocycles. The van der Waals surface area contributed by atoms with E-state index in [0.717, 1.165) is 0 Å². The summed E-state index contributed by atoms with van der Waals surface area (Å²) in [7, 11) is 0. The van der Waals surface area contributed by atoms with Crippen molar-refractivity contribution in [3.63, 3.8) is 0 Å². The molecule has 0 aliphatic heterocycles. The van der Waals surface area contributed by atoms with Gasteiger partial charge >= 0.3 is 29.8 Å². The summed E-state index contributed by atoms with van der Waals surface area (Å²) in [5.74, 6) is -2.73.